The summed E-state index contributed by atoms with van der Waals surface area (Å²) in [6.45, 7) is 1.94. The molecule has 0 amide bonds. The maximum atomic E-state index is 12.1. The van der Waals surface area contributed by atoms with Gasteiger partial charge in [0.05, 0.1) is 5.69 Å². The number of nitrogens with zero attached hydrogens (tertiary/aromatic N) is 4. The second-order valence-electron chi connectivity index (χ2n) is 4.01. The first-order chi connectivity index (χ1) is 10.2. The molecule has 0 unspecified atom stereocenters. The molecule has 0 radical (unpaired) electrons. The largest absolute Gasteiger partial charge is 0.454 e. The summed E-state index contributed by atoms with van der Waals surface area (Å²) < 4.78 is 5.24. The molecule has 0 aliphatic rings. The average Bonchev–Trinajstić information content (AvgIpc) is 3.15. The highest BCUT2D eigenvalue weighted by Gasteiger charge is 2.18. The molecule has 0 spiro atoms. The molecule has 0 fully saturated rings. The molecular formula is C13H10N4O2S2. The maximum absolute atomic E-state index is 12.1. The van der Waals surface area contributed by atoms with E-state index in [2.05, 4.69) is 19.9 Å². The zero-order valence-corrected chi connectivity index (χ0v) is 12.6. The van der Waals surface area contributed by atoms with Crippen molar-refractivity contribution in [2.24, 2.45) is 0 Å². The number of hydrogen-bond donors (Lipinski definition) is 0. The Hall–Kier alpha value is -2.19. The van der Waals surface area contributed by atoms with Crippen molar-refractivity contribution < 1.29 is 9.53 Å². The average molecular weight is 318 g/mol. The number of rotatable bonds is 4. The first kappa shape index (κ1) is 13.8. The molecule has 3 heterocycles. The lowest BCUT2D eigenvalue weighted by atomic mass is 10.4. The van der Waals surface area contributed by atoms with Gasteiger partial charge in [-0.2, -0.15) is 0 Å². The van der Waals surface area contributed by atoms with Gasteiger partial charge in [-0.25, -0.2) is 24.7 Å². The van der Waals surface area contributed by atoms with Gasteiger partial charge in [0.25, 0.3) is 0 Å². The first-order valence-electron chi connectivity index (χ1n) is 6.04. The van der Waals surface area contributed by atoms with Gasteiger partial charge in [0.15, 0.2) is 10.8 Å². The van der Waals surface area contributed by atoms with Crippen LogP contribution in [0, 0.1) is 6.92 Å². The van der Waals surface area contributed by atoms with E-state index in [1.807, 2.05) is 5.38 Å². The van der Waals surface area contributed by atoms with Crippen LogP contribution in [0.4, 0.5) is 0 Å². The van der Waals surface area contributed by atoms with Crippen molar-refractivity contribution in [1.82, 2.24) is 19.9 Å². The molecule has 21 heavy (non-hydrogen) atoms. The number of carbonyl (C=O) groups is 1. The van der Waals surface area contributed by atoms with E-state index in [0.717, 1.165) is 5.01 Å². The third-order valence-electron chi connectivity index (χ3n) is 2.55. The molecule has 0 atom stereocenters. The lowest BCUT2D eigenvalue weighted by molar-refractivity contribution is 0.0477. The summed E-state index contributed by atoms with van der Waals surface area (Å²) in [5, 5.41) is 3.21. The Balaban J connectivity index is 1.76. The molecule has 3 rings (SSSR count). The van der Waals surface area contributed by atoms with Crippen molar-refractivity contribution in [3.63, 3.8) is 0 Å². The van der Waals surface area contributed by atoms with Crippen LogP contribution in [-0.4, -0.2) is 25.9 Å². The van der Waals surface area contributed by atoms with Crippen LogP contribution >= 0.6 is 22.7 Å². The van der Waals surface area contributed by atoms with E-state index in [0.29, 0.717) is 21.4 Å². The van der Waals surface area contributed by atoms with Gasteiger partial charge in [-0.05, 0) is 13.0 Å². The minimum Gasteiger partial charge on any atom is -0.454 e. The van der Waals surface area contributed by atoms with Crippen molar-refractivity contribution in [1.29, 1.82) is 0 Å². The van der Waals surface area contributed by atoms with Crippen molar-refractivity contribution in [3.05, 3.63) is 45.6 Å². The Labute approximate surface area is 128 Å². The van der Waals surface area contributed by atoms with E-state index >= 15 is 0 Å². The molecule has 0 saturated heterocycles. The fourth-order valence-corrected chi connectivity index (χ4v) is 3.04. The Kier molecular flexibility index (Phi) is 3.98. The van der Waals surface area contributed by atoms with E-state index in [1.54, 1.807) is 31.6 Å². The highest BCUT2D eigenvalue weighted by molar-refractivity contribution is 7.17. The van der Waals surface area contributed by atoms with Crippen LogP contribution in [0.15, 0.2) is 30.0 Å². The number of aryl methyl sites for hydroxylation is 1. The molecule has 0 N–H and O–H groups in total. The minimum absolute atomic E-state index is 0.172. The lowest BCUT2D eigenvalue weighted by Gasteiger charge is -2.00. The molecule has 0 aromatic carbocycles. The Morgan fingerprint density at radius 1 is 1.24 bits per heavy atom. The summed E-state index contributed by atoms with van der Waals surface area (Å²) in [6, 6.07) is 1.73. The molecule has 0 saturated carbocycles. The zero-order valence-electron chi connectivity index (χ0n) is 11.0. The van der Waals surface area contributed by atoms with Crippen LogP contribution in [0.2, 0.25) is 0 Å². The first-order valence-corrected chi connectivity index (χ1v) is 7.74. The predicted molar refractivity (Wildman–Crippen MR) is 79.1 cm³/mol. The normalized spacial score (nSPS) is 10.5. The lowest BCUT2D eigenvalue weighted by Crippen LogP contribution is -2.04. The van der Waals surface area contributed by atoms with Gasteiger partial charge < -0.3 is 4.74 Å². The van der Waals surface area contributed by atoms with E-state index in [4.69, 9.17) is 4.74 Å². The molecule has 6 nitrogen and oxygen atoms in total. The Morgan fingerprint density at radius 3 is 2.76 bits per heavy atom. The highest BCUT2D eigenvalue weighted by Crippen LogP contribution is 2.26. The molecule has 0 aliphatic heterocycles. The molecule has 0 bridgehead atoms. The van der Waals surface area contributed by atoms with E-state index in [-0.39, 0.29) is 6.61 Å². The number of thiazole rings is 2. The van der Waals surface area contributed by atoms with Crippen molar-refractivity contribution >= 4 is 28.6 Å². The fraction of sp³-hybridized carbons (Fsp3) is 0.154. The van der Waals surface area contributed by atoms with Crippen LogP contribution in [0.3, 0.4) is 0 Å². The third-order valence-corrected chi connectivity index (χ3v) is 4.44. The second-order valence-corrected chi connectivity index (χ2v) is 5.99. The maximum Gasteiger partial charge on any atom is 0.350 e. The molecule has 3 aromatic rings. The monoisotopic (exact) mass is 318 g/mol. The molecule has 0 aliphatic carbocycles. The number of ether oxygens (including phenoxy) is 1. The second kappa shape index (κ2) is 6.06. The summed E-state index contributed by atoms with van der Waals surface area (Å²) in [5.41, 5.74) is 0.617. The van der Waals surface area contributed by atoms with Crippen LogP contribution in [-0.2, 0) is 11.3 Å². The molecule has 106 valence electrons. The summed E-state index contributed by atoms with van der Waals surface area (Å²) in [4.78, 5) is 29.2. The van der Waals surface area contributed by atoms with Gasteiger partial charge in [-0.15, -0.1) is 22.7 Å². The van der Waals surface area contributed by atoms with Gasteiger partial charge in [0.1, 0.15) is 16.5 Å². The Bertz CT molecular complexity index is 741. The molecule has 3 aromatic heterocycles. The fourth-order valence-electron chi connectivity index (χ4n) is 1.61. The topological polar surface area (TPSA) is 77.9 Å². The van der Waals surface area contributed by atoms with E-state index in [1.165, 1.54) is 22.7 Å². The smallest absolute Gasteiger partial charge is 0.350 e. The number of hydrogen-bond acceptors (Lipinski definition) is 8. The molecule has 8 heteroatoms. The predicted octanol–water partition coefficient (Wildman–Crippen LogP) is 2.72. The SMILES string of the molecule is Cc1nc(-c2ncccn2)sc1C(=O)OCc1nccs1. The van der Waals surface area contributed by atoms with Crippen LogP contribution in [0.1, 0.15) is 20.4 Å². The van der Waals surface area contributed by atoms with Gasteiger partial charge in [0.2, 0.25) is 0 Å². The standard InChI is InChI=1S/C13H10N4O2S2/c1-8-10(13(18)19-7-9-14-5-6-20-9)21-12(17-8)11-15-3-2-4-16-11/h2-6H,7H2,1H3. The van der Waals surface area contributed by atoms with Gasteiger partial charge in [0, 0.05) is 24.0 Å². The zero-order chi connectivity index (χ0) is 14.7. The Morgan fingerprint density at radius 2 is 2.05 bits per heavy atom. The summed E-state index contributed by atoms with van der Waals surface area (Å²) in [7, 11) is 0. The quantitative estimate of drug-likeness (QED) is 0.688. The van der Waals surface area contributed by atoms with Crippen molar-refractivity contribution in [2.45, 2.75) is 13.5 Å². The van der Waals surface area contributed by atoms with Crippen LogP contribution in [0.5, 0.6) is 0 Å². The summed E-state index contributed by atoms with van der Waals surface area (Å²) in [6.07, 6.45) is 4.95. The summed E-state index contributed by atoms with van der Waals surface area (Å²) >= 11 is 2.68. The third kappa shape index (κ3) is 3.11. The molecular weight excluding hydrogens is 308 g/mol. The van der Waals surface area contributed by atoms with Gasteiger partial charge in [-0.3, -0.25) is 0 Å². The minimum atomic E-state index is -0.401. The van der Waals surface area contributed by atoms with Crippen LogP contribution in [0.25, 0.3) is 10.8 Å². The highest BCUT2D eigenvalue weighted by atomic mass is 32.1. The van der Waals surface area contributed by atoms with Crippen molar-refractivity contribution in [3.8, 4) is 10.8 Å². The van der Waals surface area contributed by atoms with Crippen LogP contribution < -0.4 is 0 Å². The van der Waals surface area contributed by atoms with E-state index < -0.39 is 5.97 Å². The van der Waals surface area contributed by atoms with Gasteiger partial charge in [-0.1, -0.05) is 0 Å². The van der Waals surface area contributed by atoms with Crippen molar-refractivity contribution in [2.75, 3.05) is 0 Å². The number of carbonyl (C=O) groups excluding carboxylic acids is 1. The number of aromatic nitrogens is 4. The summed E-state index contributed by atoms with van der Waals surface area (Å²) in [5.74, 6) is 0.104. The van der Waals surface area contributed by atoms with Gasteiger partial charge >= 0.3 is 5.97 Å². The van der Waals surface area contributed by atoms with E-state index in [9.17, 15) is 4.79 Å². The number of esters is 1.